The van der Waals surface area contributed by atoms with E-state index in [1.165, 1.54) is 13.2 Å². The van der Waals surface area contributed by atoms with Gasteiger partial charge in [0.15, 0.2) is 0 Å². The number of esters is 1. The molecule has 0 unspecified atom stereocenters. The zero-order chi connectivity index (χ0) is 21.0. The van der Waals surface area contributed by atoms with Gasteiger partial charge in [0.25, 0.3) is 5.91 Å². The smallest absolute Gasteiger partial charge is 0.338 e. The zero-order valence-electron chi connectivity index (χ0n) is 16.7. The van der Waals surface area contributed by atoms with Gasteiger partial charge in [-0.05, 0) is 73.7 Å². The van der Waals surface area contributed by atoms with Crippen molar-refractivity contribution in [1.29, 1.82) is 0 Å². The summed E-state index contributed by atoms with van der Waals surface area (Å²) >= 11 is 0. The minimum Gasteiger partial charge on any atom is -0.465 e. The standard InChI is InChI=1S/C23H24N2O4/c1-14-12-19(13-20(15(14)2)23(28)29-3)24-21(26)11-6-16-4-7-17(8-5-16)22(27)25-18-9-10-18/h4-8,11-13,18H,9-10H2,1-3H3,(H,24,26)(H,25,27)/b11-6+. The van der Waals surface area contributed by atoms with Gasteiger partial charge in [-0.25, -0.2) is 4.79 Å². The Hall–Kier alpha value is -3.41. The Morgan fingerprint density at radius 1 is 1.07 bits per heavy atom. The molecule has 2 aromatic carbocycles. The minimum absolute atomic E-state index is 0.0723. The van der Waals surface area contributed by atoms with Crippen LogP contribution in [0.15, 0.2) is 42.5 Å². The maximum Gasteiger partial charge on any atom is 0.338 e. The first-order valence-corrected chi connectivity index (χ1v) is 9.47. The normalized spacial score (nSPS) is 13.2. The molecule has 0 heterocycles. The molecule has 1 saturated carbocycles. The van der Waals surface area contributed by atoms with E-state index >= 15 is 0 Å². The third kappa shape index (κ3) is 5.31. The van der Waals surface area contributed by atoms with Crippen molar-refractivity contribution in [3.63, 3.8) is 0 Å². The molecule has 1 fully saturated rings. The fourth-order valence-electron chi connectivity index (χ4n) is 2.85. The number of hydrogen-bond donors (Lipinski definition) is 2. The largest absolute Gasteiger partial charge is 0.465 e. The molecular formula is C23H24N2O4. The van der Waals surface area contributed by atoms with Gasteiger partial charge in [0.05, 0.1) is 12.7 Å². The summed E-state index contributed by atoms with van der Waals surface area (Å²) in [4.78, 5) is 36.2. The first kappa shape index (κ1) is 20.3. The van der Waals surface area contributed by atoms with E-state index in [4.69, 9.17) is 4.74 Å². The van der Waals surface area contributed by atoms with E-state index in [2.05, 4.69) is 10.6 Å². The molecule has 6 heteroatoms. The first-order valence-electron chi connectivity index (χ1n) is 9.47. The Morgan fingerprint density at radius 2 is 1.76 bits per heavy atom. The van der Waals surface area contributed by atoms with Gasteiger partial charge < -0.3 is 15.4 Å². The lowest BCUT2D eigenvalue weighted by atomic mass is 10.0. The summed E-state index contributed by atoms with van der Waals surface area (Å²) < 4.78 is 4.79. The summed E-state index contributed by atoms with van der Waals surface area (Å²) in [5.74, 6) is -0.834. The van der Waals surface area contributed by atoms with Crippen LogP contribution in [0, 0.1) is 13.8 Å². The summed E-state index contributed by atoms with van der Waals surface area (Å²) in [6.45, 7) is 3.70. The molecule has 2 aromatic rings. The lowest BCUT2D eigenvalue weighted by molar-refractivity contribution is -0.111. The number of carbonyl (C=O) groups is 3. The quantitative estimate of drug-likeness (QED) is 0.581. The number of anilines is 1. The Kier molecular flexibility index (Phi) is 6.12. The fraction of sp³-hybridized carbons (Fsp3) is 0.261. The van der Waals surface area contributed by atoms with Crippen LogP contribution in [0.25, 0.3) is 6.08 Å². The number of nitrogens with one attached hydrogen (secondary N) is 2. The lowest BCUT2D eigenvalue weighted by Gasteiger charge is -2.11. The van der Waals surface area contributed by atoms with Crippen LogP contribution in [0.5, 0.6) is 0 Å². The summed E-state index contributed by atoms with van der Waals surface area (Å²) in [6.07, 6.45) is 5.17. The molecule has 29 heavy (non-hydrogen) atoms. The highest BCUT2D eigenvalue weighted by molar-refractivity contribution is 6.03. The molecule has 1 aliphatic carbocycles. The topological polar surface area (TPSA) is 84.5 Å². The summed E-state index contributed by atoms with van der Waals surface area (Å²) in [5.41, 5.74) is 4.05. The molecular weight excluding hydrogens is 368 g/mol. The molecule has 0 atom stereocenters. The molecule has 2 amide bonds. The molecule has 0 aliphatic heterocycles. The molecule has 0 saturated heterocycles. The predicted molar refractivity (Wildman–Crippen MR) is 112 cm³/mol. The van der Waals surface area contributed by atoms with Crippen molar-refractivity contribution >= 4 is 29.5 Å². The Labute approximate surface area is 170 Å². The minimum atomic E-state index is -0.442. The number of ether oxygens (including phenoxy) is 1. The number of aryl methyl sites for hydroxylation is 1. The van der Waals surface area contributed by atoms with Crippen molar-refractivity contribution in [1.82, 2.24) is 5.32 Å². The second-order valence-electron chi connectivity index (χ2n) is 7.15. The van der Waals surface area contributed by atoms with Crippen molar-refractivity contribution < 1.29 is 19.1 Å². The van der Waals surface area contributed by atoms with E-state index < -0.39 is 5.97 Å². The molecule has 1 aliphatic rings. The molecule has 0 radical (unpaired) electrons. The summed E-state index contributed by atoms with van der Waals surface area (Å²) in [7, 11) is 1.33. The van der Waals surface area contributed by atoms with Crippen LogP contribution in [0.1, 0.15) is 50.2 Å². The van der Waals surface area contributed by atoms with E-state index in [-0.39, 0.29) is 11.8 Å². The van der Waals surface area contributed by atoms with E-state index in [0.717, 1.165) is 29.5 Å². The van der Waals surface area contributed by atoms with Crippen molar-refractivity contribution in [2.45, 2.75) is 32.7 Å². The van der Waals surface area contributed by atoms with Gasteiger partial charge in [-0.1, -0.05) is 12.1 Å². The van der Waals surface area contributed by atoms with Crippen molar-refractivity contribution in [3.8, 4) is 0 Å². The van der Waals surface area contributed by atoms with Crippen LogP contribution < -0.4 is 10.6 Å². The van der Waals surface area contributed by atoms with E-state index in [1.807, 2.05) is 13.8 Å². The van der Waals surface area contributed by atoms with Crippen molar-refractivity contribution in [2.24, 2.45) is 0 Å². The number of amides is 2. The Balaban J connectivity index is 1.64. The summed E-state index contributed by atoms with van der Waals surface area (Å²) in [5, 5.41) is 5.70. The molecule has 2 N–H and O–H groups in total. The van der Waals surface area contributed by atoms with Gasteiger partial charge in [0, 0.05) is 23.4 Å². The molecule has 150 valence electrons. The number of benzene rings is 2. The van der Waals surface area contributed by atoms with Crippen LogP contribution >= 0.6 is 0 Å². The van der Waals surface area contributed by atoms with Gasteiger partial charge >= 0.3 is 5.97 Å². The van der Waals surface area contributed by atoms with Crippen molar-refractivity contribution in [2.75, 3.05) is 12.4 Å². The molecule has 6 nitrogen and oxygen atoms in total. The highest BCUT2D eigenvalue weighted by atomic mass is 16.5. The van der Waals surface area contributed by atoms with Crippen LogP contribution in [0.4, 0.5) is 5.69 Å². The Morgan fingerprint density at radius 3 is 2.38 bits per heavy atom. The van der Waals surface area contributed by atoms with Crippen molar-refractivity contribution in [3.05, 3.63) is 70.3 Å². The molecule has 0 bridgehead atoms. The van der Waals surface area contributed by atoms with E-state index in [0.29, 0.717) is 22.9 Å². The first-order chi connectivity index (χ1) is 13.9. The van der Waals surface area contributed by atoms with Gasteiger partial charge in [0.2, 0.25) is 5.91 Å². The van der Waals surface area contributed by atoms with Gasteiger partial charge in [-0.3, -0.25) is 9.59 Å². The monoisotopic (exact) mass is 392 g/mol. The third-order valence-electron chi connectivity index (χ3n) is 4.85. The molecule has 0 spiro atoms. The summed E-state index contributed by atoms with van der Waals surface area (Å²) in [6, 6.07) is 10.8. The fourth-order valence-corrected chi connectivity index (χ4v) is 2.85. The second-order valence-corrected chi connectivity index (χ2v) is 7.15. The van der Waals surface area contributed by atoms with Gasteiger partial charge in [0.1, 0.15) is 0 Å². The predicted octanol–water partition coefficient (Wildman–Crippen LogP) is 3.63. The van der Waals surface area contributed by atoms with Crippen LogP contribution in [0.2, 0.25) is 0 Å². The SMILES string of the molecule is COC(=O)c1cc(NC(=O)/C=C/c2ccc(C(=O)NC3CC3)cc2)cc(C)c1C. The molecule has 0 aromatic heterocycles. The molecule has 3 rings (SSSR count). The van der Waals surface area contributed by atoms with Crippen LogP contribution in [-0.4, -0.2) is 30.9 Å². The van der Waals surface area contributed by atoms with Gasteiger partial charge in [-0.2, -0.15) is 0 Å². The average molecular weight is 392 g/mol. The van der Waals surface area contributed by atoms with E-state index in [1.54, 1.807) is 42.5 Å². The average Bonchev–Trinajstić information content (AvgIpc) is 3.52. The lowest BCUT2D eigenvalue weighted by Crippen LogP contribution is -2.25. The number of rotatable bonds is 6. The number of methoxy groups -OCH3 is 1. The number of hydrogen-bond acceptors (Lipinski definition) is 4. The van der Waals surface area contributed by atoms with Crippen LogP contribution in [0.3, 0.4) is 0 Å². The second kappa shape index (κ2) is 8.73. The highest BCUT2D eigenvalue weighted by Gasteiger charge is 2.23. The maximum absolute atomic E-state index is 12.3. The number of carbonyl (C=O) groups excluding carboxylic acids is 3. The van der Waals surface area contributed by atoms with Gasteiger partial charge in [-0.15, -0.1) is 0 Å². The highest BCUT2D eigenvalue weighted by Crippen LogP contribution is 2.21. The zero-order valence-corrected chi connectivity index (χ0v) is 16.7. The maximum atomic E-state index is 12.3. The third-order valence-corrected chi connectivity index (χ3v) is 4.85. The van der Waals surface area contributed by atoms with E-state index in [9.17, 15) is 14.4 Å². The van der Waals surface area contributed by atoms with Crippen LogP contribution in [-0.2, 0) is 9.53 Å². The Bertz CT molecular complexity index is 973.